The first-order valence-corrected chi connectivity index (χ1v) is 12.7. The summed E-state index contributed by atoms with van der Waals surface area (Å²) in [6.07, 6.45) is 7.02. The maximum atomic E-state index is 14.2. The van der Waals surface area contributed by atoms with Gasteiger partial charge in [-0.3, -0.25) is 9.78 Å². The predicted octanol–water partition coefficient (Wildman–Crippen LogP) is 2.29. The number of aryl methyl sites for hydroxylation is 1. The fourth-order valence-electron chi connectivity index (χ4n) is 6.93. The van der Waals surface area contributed by atoms with Crippen molar-refractivity contribution in [3.63, 3.8) is 0 Å². The second kappa shape index (κ2) is 9.12. The zero-order valence-corrected chi connectivity index (χ0v) is 20.6. The number of methoxy groups -OCH3 is 1. The molecule has 2 saturated heterocycles. The van der Waals surface area contributed by atoms with Gasteiger partial charge in [0.1, 0.15) is 0 Å². The van der Waals surface area contributed by atoms with Gasteiger partial charge in [-0.15, -0.1) is 0 Å². The third-order valence-electron chi connectivity index (χ3n) is 8.55. The molecule has 7 nitrogen and oxygen atoms in total. The average Bonchev–Trinajstić information content (AvgIpc) is 3.33. The molecule has 4 aliphatic rings. The molecule has 0 spiro atoms. The van der Waals surface area contributed by atoms with E-state index in [1.165, 1.54) is 5.56 Å². The standard InChI is InChI=1S/C25H36N4O3S/c1-16-7-19-12-28(5-3-21(19)27-11-16)23(30)25-10-17(8-18-4-6-32-14-22(18)31-2)9-20(25)13-29(15-25)24(26)33/h7,11,17-18,20,22H,3-6,8-10,12-15H2,1-2H3,(H2,26,33)/t17-,18?,20+,22?,25+/m1/s1. The summed E-state index contributed by atoms with van der Waals surface area (Å²) in [5.41, 5.74) is 9.10. The van der Waals surface area contributed by atoms with E-state index in [2.05, 4.69) is 27.8 Å². The van der Waals surface area contributed by atoms with Crippen molar-refractivity contribution in [2.75, 3.05) is 40.0 Å². The number of thiocarbonyl (C=S) groups is 1. The minimum Gasteiger partial charge on any atom is -0.379 e. The Balaban J connectivity index is 1.35. The molecular weight excluding hydrogens is 436 g/mol. The summed E-state index contributed by atoms with van der Waals surface area (Å²) in [6.45, 7) is 6.38. The lowest BCUT2D eigenvalue weighted by Crippen LogP contribution is -2.49. The van der Waals surface area contributed by atoms with Gasteiger partial charge in [0.05, 0.1) is 18.1 Å². The van der Waals surface area contributed by atoms with E-state index in [1.807, 2.05) is 6.20 Å². The molecular formula is C25H36N4O3S. The van der Waals surface area contributed by atoms with E-state index >= 15 is 0 Å². The van der Waals surface area contributed by atoms with Crippen molar-refractivity contribution in [3.05, 3.63) is 29.1 Å². The molecule has 180 valence electrons. The Bertz CT molecular complexity index is 927. The molecule has 0 bridgehead atoms. The van der Waals surface area contributed by atoms with E-state index in [-0.39, 0.29) is 12.0 Å². The molecule has 8 heteroatoms. The van der Waals surface area contributed by atoms with Gasteiger partial charge in [-0.05, 0) is 73.7 Å². The number of hydrogen-bond acceptors (Lipinski definition) is 5. The fraction of sp³-hybridized carbons (Fsp3) is 0.720. The lowest BCUT2D eigenvalue weighted by Gasteiger charge is -2.37. The lowest BCUT2D eigenvalue weighted by atomic mass is 9.78. The largest absolute Gasteiger partial charge is 0.379 e. The van der Waals surface area contributed by atoms with Gasteiger partial charge in [0.2, 0.25) is 5.91 Å². The number of carbonyl (C=O) groups is 1. The second-order valence-corrected chi connectivity index (χ2v) is 11.0. The number of fused-ring (bicyclic) bond motifs is 2. The van der Waals surface area contributed by atoms with E-state index in [0.29, 0.717) is 42.6 Å². The Hall–Kier alpha value is -1.77. The van der Waals surface area contributed by atoms with Crippen molar-refractivity contribution in [2.45, 2.75) is 51.7 Å². The molecule has 33 heavy (non-hydrogen) atoms. The van der Waals surface area contributed by atoms with Crippen LogP contribution in [0.4, 0.5) is 0 Å². The van der Waals surface area contributed by atoms with Crippen LogP contribution in [0.15, 0.2) is 12.3 Å². The highest BCUT2D eigenvalue weighted by molar-refractivity contribution is 7.80. The van der Waals surface area contributed by atoms with Crippen LogP contribution in [0.2, 0.25) is 0 Å². The van der Waals surface area contributed by atoms with Crippen LogP contribution in [0.1, 0.15) is 42.5 Å². The molecule has 5 atom stereocenters. The Kier molecular flexibility index (Phi) is 6.35. The first kappa shape index (κ1) is 23.0. The molecule has 0 aromatic carbocycles. The summed E-state index contributed by atoms with van der Waals surface area (Å²) in [4.78, 5) is 22.9. The number of carbonyl (C=O) groups excluding carboxylic acids is 1. The minimum absolute atomic E-state index is 0.160. The summed E-state index contributed by atoms with van der Waals surface area (Å²) in [6, 6.07) is 2.18. The molecule has 2 N–H and O–H groups in total. The molecule has 1 aromatic heterocycles. The van der Waals surface area contributed by atoms with Crippen molar-refractivity contribution in [1.82, 2.24) is 14.8 Å². The van der Waals surface area contributed by atoms with Crippen molar-refractivity contribution >= 4 is 23.2 Å². The molecule has 5 rings (SSSR count). The van der Waals surface area contributed by atoms with Crippen molar-refractivity contribution < 1.29 is 14.3 Å². The third-order valence-corrected chi connectivity index (χ3v) is 8.81. The number of aromatic nitrogens is 1. The maximum Gasteiger partial charge on any atom is 0.231 e. The highest BCUT2D eigenvalue weighted by Crippen LogP contribution is 2.54. The molecule has 1 aromatic rings. The molecule has 2 unspecified atom stereocenters. The van der Waals surface area contributed by atoms with E-state index in [1.54, 1.807) is 7.11 Å². The number of nitrogens with zero attached hydrogens (tertiary/aromatic N) is 3. The Morgan fingerprint density at radius 3 is 3.06 bits per heavy atom. The summed E-state index contributed by atoms with van der Waals surface area (Å²) in [5, 5.41) is 0.417. The van der Waals surface area contributed by atoms with Crippen LogP contribution in [0, 0.1) is 30.1 Å². The quantitative estimate of drug-likeness (QED) is 0.674. The van der Waals surface area contributed by atoms with Gasteiger partial charge in [-0.1, -0.05) is 6.07 Å². The van der Waals surface area contributed by atoms with Gasteiger partial charge in [0, 0.05) is 58.2 Å². The van der Waals surface area contributed by atoms with Crippen LogP contribution in [0.25, 0.3) is 0 Å². The summed E-state index contributed by atoms with van der Waals surface area (Å²) >= 11 is 5.32. The first-order chi connectivity index (χ1) is 15.9. The van der Waals surface area contributed by atoms with Crippen LogP contribution < -0.4 is 5.73 Å². The number of hydrogen-bond donors (Lipinski definition) is 1. The molecule has 1 saturated carbocycles. The summed E-state index contributed by atoms with van der Waals surface area (Å²) < 4.78 is 11.4. The molecule has 3 aliphatic heterocycles. The fourth-order valence-corrected chi connectivity index (χ4v) is 7.07. The van der Waals surface area contributed by atoms with Crippen LogP contribution >= 0.6 is 12.2 Å². The molecule has 4 heterocycles. The second-order valence-electron chi connectivity index (χ2n) is 10.6. The molecule has 1 aliphatic carbocycles. The maximum absolute atomic E-state index is 14.2. The Labute approximate surface area is 202 Å². The van der Waals surface area contributed by atoms with Crippen LogP contribution in [-0.2, 0) is 27.2 Å². The van der Waals surface area contributed by atoms with E-state index in [9.17, 15) is 4.79 Å². The van der Waals surface area contributed by atoms with Gasteiger partial charge < -0.3 is 25.0 Å². The normalized spacial score (nSPS) is 33.6. The highest BCUT2D eigenvalue weighted by atomic mass is 32.1. The van der Waals surface area contributed by atoms with E-state index < -0.39 is 5.41 Å². The van der Waals surface area contributed by atoms with Crippen molar-refractivity contribution in [1.29, 1.82) is 0 Å². The smallest absolute Gasteiger partial charge is 0.231 e. The van der Waals surface area contributed by atoms with Gasteiger partial charge in [0.25, 0.3) is 0 Å². The molecule has 0 radical (unpaired) electrons. The molecule has 1 amide bonds. The van der Waals surface area contributed by atoms with Gasteiger partial charge in [-0.2, -0.15) is 0 Å². The number of likely N-dealkylation sites (tertiary alicyclic amines) is 1. The highest BCUT2D eigenvalue weighted by Gasteiger charge is 2.59. The SMILES string of the molecule is COC1COCCC1C[C@@H]1C[C@H]2CN(C(N)=S)C[C@@]2(C(=O)N2CCc3ncc(C)cc3C2)C1. The van der Waals surface area contributed by atoms with Crippen molar-refractivity contribution in [2.24, 2.45) is 28.9 Å². The zero-order chi connectivity index (χ0) is 23.2. The Morgan fingerprint density at radius 1 is 1.42 bits per heavy atom. The number of nitrogens with two attached hydrogens (primary N) is 1. The Morgan fingerprint density at radius 2 is 2.27 bits per heavy atom. The predicted molar refractivity (Wildman–Crippen MR) is 129 cm³/mol. The topological polar surface area (TPSA) is 80.9 Å². The first-order valence-electron chi connectivity index (χ1n) is 12.3. The summed E-state index contributed by atoms with van der Waals surface area (Å²) in [7, 11) is 1.78. The zero-order valence-electron chi connectivity index (χ0n) is 19.8. The third kappa shape index (κ3) is 4.26. The number of rotatable bonds is 4. The van der Waals surface area contributed by atoms with Gasteiger partial charge in [-0.25, -0.2) is 0 Å². The summed E-state index contributed by atoms with van der Waals surface area (Å²) in [5.74, 6) is 1.61. The van der Waals surface area contributed by atoms with Crippen LogP contribution in [0.5, 0.6) is 0 Å². The number of ether oxygens (including phenoxy) is 2. The van der Waals surface area contributed by atoms with E-state index in [0.717, 1.165) is 63.1 Å². The van der Waals surface area contributed by atoms with Crippen LogP contribution in [0.3, 0.4) is 0 Å². The van der Waals surface area contributed by atoms with Crippen LogP contribution in [-0.4, -0.2) is 71.9 Å². The monoisotopic (exact) mass is 472 g/mol. The number of pyridine rings is 1. The van der Waals surface area contributed by atoms with E-state index in [4.69, 9.17) is 27.4 Å². The number of amides is 1. The lowest BCUT2D eigenvalue weighted by molar-refractivity contribution is -0.144. The average molecular weight is 473 g/mol. The van der Waals surface area contributed by atoms with Gasteiger partial charge >= 0.3 is 0 Å². The van der Waals surface area contributed by atoms with Crippen molar-refractivity contribution in [3.8, 4) is 0 Å². The van der Waals surface area contributed by atoms with Gasteiger partial charge in [0.15, 0.2) is 5.11 Å². The minimum atomic E-state index is -0.392. The molecule has 3 fully saturated rings.